The fourth-order valence-corrected chi connectivity index (χ4v) is 5.92. The third kappa shape index (κ3) is 3.41. The molecule has 5 heteroatoms. The minimum absolute atomic E-state index is 0.0139. The number of fused-ring (bicyclic) bond motifs is 2. The SMILES string of the molecule is CCCN1CCC[C@@H]2c3cccc4c3c(c(C(C)C)n4NC(=O)N(CC)CC)C[C@H]21. The molecule has 1 saturated heterocycles. The maximum Gasteiger partial charge on any atom is 0.336 e. The van der Waals surface area contributed by atoms with E-state index in [9.17, 15) is 4.79 Å². The Morgan fingerprint density at radius 3 is 2.67 bits per heavy atom. The Morgan fingerprint density at radius 1 is 1.23 bits per heavy atom. The quantitative estimate of drug-likeness (QED) is 0.703. The first-order chi connectivity index (χ1) is 14.5. The molecule has 0 unspecified atom stereocenters. The molecule has 164 valence electrons. The van der Waals surface area contributed by atoms with Crippen LogP contribution in [0.2, 0.25) is 0 Å². The fourth-order valence-electron chi connectivity index (χ4n) is 5.92. The number of hydrogen-bond donors (Lipinski definition) is 1. The van der Waals surface area contributed by atoms with Crippen LogP contribution in [-0.4, -0.2) is 52.7 Å². The predicted octanol–water partition coefficient (Wildman–Crippen LogP) is 5.28. The first kappa shape index (κ1) is 21.2. The highest BCUT2D eigenvalue weighted by molar-refractivity contribution is 5.93. The van der Waals surface area contributed by atoms with E-state index in [0.29, 0.717) is 31.0 Å². The molecule has 0 bridgehead atoms. The van der Waals surface area contributed by atoms with Gasteiger partial charge in [0.15, 0.2) is 0 Å². The lowest BCUT2D eigenvalue weighted by molar-refractivity contribution is 0.124. The van der Waals surface area contributed by atoms with Crippen LogP contribution in [-0.2, 0) is 6.42 Å². The Hall–Kier alpha value is -2.01. The fraction of sp³-hybridized carbons (Fsp3) is 0.640. The van der Waals surface area contributed by atoms with Crippen molar-refractivity contribution in [2.75, 3.05) is 31.6 Å². The van der Waals surface area contributed by atoms with E-state index in [1.807, 2.05) is 18.7 Å². The molecule has 1 aliphatic carbocycles. The lowest BCUT2D eigenvalue weighted by Gasteiger charge is -2.44. The van der Waals surface area contributed by atoms with E-state index in [4.69, 9.17) is 0 Å². The summed E-state index contributed by atoms with van der Waals surface area (Å²) in [5.41, 5.74) is 8.65. The van der Waals surface area contributed by atoms with Gasteiger partial charge in [0.25, 0.3) is 0 Å². The largest absolute Gasteiger partial charge is 0.336 e. The molecule has 1 fully saturated rings. The highest BCUT2D eigenvalue weighted by Gasteiger charge is 2.39. The third-order valence-electron chi connectivity index (χ3n) is 7.19. The molecule has 2 aromatic rings. The predicted molar refractivity (Wildman–Crippen MR) is 125 cm³/mol. The lowest BCUT2D eigenvalue weighted by atomic mass is 9.74. The highest BCUT2D eigenvalue weighted by atomic mass is 16.2. The molecule has 2 amide bonds. The van der Waals surface area contributed by atoms with Crippen LogP contribution in [0, 0.1) is 0 Å². The van der Waals surface area contributed by atoms with Crippen LogP contribution < -0.4 is 5.43 Å². The molecule has 0 spiro atoms. The standard InChI is InChI=1S/C25H38N4O/c1-6-14-28-15-10-12-18-19-11-9-13-21-23(19)20(16-22(18)28)24(17(4)5)29(21)26-25(30)27(7-2)8-3/h9,11,13,17-18,22H,6-8,10,12,14-16H2,1-5H3,(H,26,30)/t18-,22-/m1/s1. The van der Waals surface area contributed by atoms with Gasteiger partial charge in [-0.2, -0.15) is 0 Å². The summed E-state index contributed by atoms with van der Waals surface area (Å²) in [6.45, 7) is 14.7. The van der Waals surface area contributed by atoms with Crippen LogP contribution in [0.3, 0.4) is 0 Å². The lowest BCUT2D eigenvalue weighted by Crippen LogP contribution is -2.47. The van der Waals surface area contributed by atoms with Crippen molar-refractivity contribution < 1.29 is 4.79 Å². The Balaban J connectivity index is 1.84. The average Bonchev–Trinajstić information content (AvgIpc) is 3.04. The molecule has 1 aromatic heterocycles. The van der Waals surface area contributed by atoms with Crippen LogP contribution in [0.5, 0.6) is 0 Å². The van der Waals surface area contributed by atoms with Crippen LogP contribution in [0.1, 0.15) is 82.5 Å². The van der Waals surface area contributed by atoms with Gasteiger partial charge >= 0.3 is 6.03 Å². The Bertz CT molecular complexity index is 909. The number of piperidine rings is 1. The van der Waals surface area contributed by atoms with E-state index in [1.165, 1.54) is 54.6 Å². The van der Waals surface area contributed by atoms with E-state index in [2.05, 4.69) is 54.0 Å². The molecule has 2 atom stereocenters. The summed E-state index contributed by atoms with van der Waals surface area (Å²) in [4.78, 5) is 17.5. The number of likely N-dealkylation sites (tertiary alicyclic amines) is 1. The molecule has 2 heterocycles. The van der Waals surface area contributed by atoms with Crippen LogP contribution in [0.4, 0.5) is 4.79 Å². The second-order valence-corrected chi connectivity index (χ2v) is 9.24. The maximum absolute atomic E-state index is 13.0. The van der Waals surface area contributed by atoms with Crippen molar-refractivity contribution in [1.82, 2.24) is 14.5 Å². The molecule has 1 N–H and O–H groups in total. The highest BCUT2D eigenvalue weighted by Crippen LogP contribution is 2.46. The Labute approximate surface area is 181 Å². The van der Waals surface area contributed by atoms with Gasteiger partial charge in [0.1, 0.15) is 0 Å². The van der Waals surface area contributed by atoms with Crippen molar-refractivity contribution in [2.45, 2.75) is 78.2 Å². The van der Waals surface area contributed by atoms with Gasteiger partial charge in [0.2, 0.25) is 0 Å². The summed E-state index contributed by atoms with van der Waals surface area (Å²) in [5.74, 6) is 0.952. The number of carbonyl (C=O) groups is 1. The first-order valence-corrected chi connectivity index (χ1v) is 12.0. The van der Waals surface area contributed by atoms with Crippen LogP contribution >= 0.6 is 0 Å². The summed E-state index contributed by atoms with van der Waals surface area (Å²) in [6.07, 6.45) is 4.86. The number of carbonyl (C=O) groups excluding carboxylic acids is 1. The molecule has 5 nitrogen and oxygen atoms in total. The van der Waals surface area contributed by atoms with Crippen molar-refractivity contribution in [3.8, 4) is 0 Å². The zero-order chi connectivity index (χ0) is 21.4. The zero-order valence-corrected chi connectivity index (χ0v) is 19.4. The maximum atomic E-state index is 13.0. The van der Waals surface area contributed by atoms with Gasteiger partial charge in [-0.3, -0.25) is 9.58 Å². The zero-order valence-electron chi connectivity index (χ0n) is 19.4. The van der Waals surface area contributed by atoms with Gasteiger partial charge < -0.3 is 4.90 Å². The Morgan fingerprint density at radius 2 is 2.00 bits per heavy atom. The van der Waals surface area contributed by atoms with Gasteiger partial charge in [0, 0.05) is 36.1 Å². The summed E-state index contributed by atoms with van der Waals surface area (Å²) < 4.78 is 2.11. The second kappa shape index (κ2) is 8.62. The van der Waals surface area contributed by atoms with Gasteiger partial charge in [-0.05, 0) is 75.7 Å². The summed E-state index contributed by atoms with van der Waals surface area (Å²) in [7, 11) is 0. The van der Waals surface area contributed by atoms with Crippen molar-refractivity contribution in [3.05, 3.63) is 35.0 Å². The summed E-state index contributed by atoms with van der Waals surface area (Å²) in [6, 6.07) is 7.29. The number of urea groups is 1. The van der Waals surface area contributed by atoms with Crippen molar-refractivity contribution in [3.63, 3.8) is 0 Å². The van der Waals surface area contributed by atoms with Gasteiger partial charge in [-0.1, -0.05) is 32.9 Å². The molecule has 0 saturated carbocycles. The smallest absolute Gasteiger partial charge is 0.324 e. The first-order valence-electron chi connectivity index (χ1n) is 12.0. The summed E-state index contributed by atoms with van der Waals surface area (Å²) in [5, 5.41) is 1.40. The molecule has 2 aliphatic rings. The molecule has 30 heavy (non-hydrogen) atoms. The normalized spacial score (nSPS) is 21.1. The number of hydrogen-bond acceptors (Lipinski definition) is 2. The topological polar surface area (TPSA) is 40.5 Å². The third-order valence-corrected chi connectivity index (χ3v) is 7.19. The number of aromatic nitrogens is 1. The van der Waals surface area contributed by atoms with Crippen LogP contribution in [0.15, 0.2) is 18.2 Å². The van der Waals surface area contributed by atoms with E-state index in [1.54, 1.807) is 0 Å². The second-order valence-electron chi connectivity index (χ2n) is 9.24. The molecule has 1 aliphatic heterocycles. The van der Waals surface area contributed by atoms with E-state index >= 15 is 0 Å². The monoisotopic (exact) mass is 410 g/mol. The minimum atomic E-state index is -0.0139. The molecule has 4 rings (SSSR count). The minimum Gasteiger partial charge on any atom is -0.324 e. The van der Waals surface area contributed by atoms with Gasteiger partial charge in [-0.15, -0.1) is 0 Å². The number of nitrogens with one attached hydrogen (secondary N) is 1. The van der Waals surface area contributed by atoms with Crippen molar-refractivity contribution in [2.24, 2.45) is 0 Å². The molecule has 1 aromatic carbocycles. The van der Waals surface area contributed by atoms with E-state index in [-0.39, 0.29) is 6.03 Å². The molecule has 0 radical (unpaired) electrons. The van der Waals surface area contributed by atoms with Crippen molar-refractivity contribution >= 4 is 16.9 Å². The van der Waals surface area contributed by atoms with Crippen molar-refractivity contribution in [1.29, 1.82) is 0 Å². The van der Waals surface area contributed by atoms with E-state index < -0.39 is 0 Å². The number of benzene rings is 1. The van der Waals surface area contributed by atoms with E-state index in [0.717, 1.165) is 11.9 Å². The van der Waals surface area contributed by atoms with Gasteiger partial charge in [-0.25, -0.2) is 10.2 Å². The molecular formula is C25H38N4O. The number of rotatable bonds is 6. The summed E-state index contributed by atoms with van der Waals surface area (Å²) >= 11 is 0. The van der Waals surface area contributed by atoms with Crippen LogP contribution in [0.25, 0.3) is 10.9 Å². The number of nitrogens with zero attached hydrogens (tertiary/aromatic N) is 3. The number of amides is 2. The Kier molecular flexibility index (Phi) is 6.10. The van der Waals surface area contributed by atoms with Gasteiger partial charge in [0.05, 0.1) is 5.52 Å². The molecular weight excluding hydrogens is 372 g/mol. The average molecular weight is 411 g/mol.